The second-order valence-corrected chi connectivity index (χ2v) is 3.26. The topological polar surface area (TPSA) is 27.7 Å². The van der Waals surface area contributed by atoms with Gasteiger partial charge in [-0.3, -0.25) is 0 Å². The monoisotopic (exact) mass is 195 g/mol. The molecular weight excluding hydrogens is 179 g/mol. The smallest absolute Gasteiger partial charge is 0.409 e. The Bertz CT molecular complexity index is 272. The molecule has 4 heteroatoms. The highest BCUT2D eigenvalue weighted by Crippen LogP contribution is 2.07. The molecule has 1 aromatic rings. The predicted molar refractivity (Wildman–Crippen MR) is 57.6 cm³/mol. The van der Waals surface area contributed by atoms with Crippen LogP contribution in [0.2, 0.25) is 0 Å². The van der Waals surface area contributed by atoms with Gasteiger partial charge in [0.1, 0.15) is 0 Å². The van der Waals surface area contributed by atoms with Crippen molar-refractivity contribution in [1.82, 2.24) is 0 Å². The fourth-order valence-electron chi connectivity index (χ4n) is 1.50. The molecule has 0 fully saturated rings. The molecule has 3 nitrogen and oxygen atoms in total. The van der Waals surface area contributed by atoms with Crippen molar-refractivity contribution in [2.45, 2.75) is 6.92 Å². The molecule has 0 aromatic heterocycles. The minimum atomic E-state index is -1.78. The molecule has 0 saturated heterocycles. The Hall–Kier alpha value is -0.835. The Morgan fingerprint density at radius 1 is 0.857 bits per heavy atom. The van der Waals surface area contributed by atoms with Crippen LogP contribution in [-0.2, 0) is 14.0 Å². The van der Waals surface area contributed by atoms with E-state index in [0.717, 1.165) is 5.46 Å². The number of hydrogen-bond donors (Lipinski definition) is 0. The molecule has 14 heavy (non-hydrogen) atoms. The minimum absolute atomic E-state index is 0.906. The molecule has 0 aliphatic carbocycles. The standard InChI is InChI=1S/C10H16BO3/c1-9-5-7-10(8-6-9)11(12-2,13-3)14-4/h5-8H,1-4H3/q-1. The Labute approximate surface area is 85.0 Å². The molecule has 1 rings (SSSR count). The first-order chi connectivity index (χ1) is 6.68. The summed E-state index contributed by atoms with van der Waals surface area (Å²) >= 11 is 0. The highest BCUT2D eigenvalue weighted by Gasteiger charge is 2.27. The van der Waals surface area contributed by atoms with Crippen LogP contribution in [-0.4, -0.2) is 28.1 Å². The van der Waals surface area contributed by atoms with Gasteiger partial charge in [-0.15, -0.1) is 5.46 Å². The second-order valence-electron chi connectivity index (χ2n) is 3.26. The summed E-state index contributed by atoms with van der Waals surface area (Å²) in [5.41, 5.74) is 2.10. The van der Waals surface area contributed by atoms with Crippen LogP contribution in [0.25, 0.3) is 0 Å². The van der Waals surface area contributed by atoms with E-state index in [1.165, 1.54) is 5.56 Å². The molecular formula is C10H16BO3-. The molecule has 0 amide bonds. The van der Waals surface area contributed by atoms with E-state index in [9.17, 15) is 0 Å². The normalized spacial score (nSPS) is 11.7. The molecule has 0 bridgehead atoms. The molecule has 0 saturated carbocycles. The van der Waals surface area contributed by atoms with E-state index < -0.39 is 6.75 Å². The zero-order valence-electron chi connectivity index (χ0n) is 9.11. The Morgan fingerprint density at radius 3 is 1.64 bits per heavy atom. The second kappa shape index (κ2) is 4.60. The van der Waals surface area contributed by atoms with Gasteiger partial charge in [0.15, 0.2) is 0 Å². The van der Waals surface area contributed by atoms with Gasteiger partial charge in [-0.2, -0.15) is 0 Å². The van der Waals surface area contributed by atoms with E-state index in [2.05, 4.69) is 0 Å². The summed E-state index contributed by atoms with van der Waals surface area (Å²) < 4.78 is 15.8. The highest BCUT2D eigenvalue weighted by molar-refractivity contribution is 6.75. The van der Waals surface area contributed by atoms with Crippen molar-refractivity contribution in [2.24, 2.45) is 0 Å². The van der Waals surface area contributed by atoms with Gasteiger partial charge >= 0.3 is 6.75 Å². The van der Waals surface area contributed by atoms with E-state index in [-0.39, 0.29) is 0 Å². The average Bonchev–Trinajstić information content (AvgIpc) is 2.24. The van der Waals surface area contributed by atoms with Gasteiger partial charge in [0.05, 0.1) is 0 Å². The maximum absolute atomic E-state index is 5.28. The van der Waals surface area contributed by atoms with Crippen LogP contribution in [0.3, 0.4) is 0 Å². The van der Waals surface area contributed by atoms with Gasteiger partial charge in [-0.1, -0.05) is 29.8 Å². The van der Waals surface area contributed by atoms with Crippen LogP contribution in [0.15, 0.2) is 24.3 Å². The summed E-state index contributed by atoms with van der Waals surface area (Å²) in [6.45, 7) is 0.256. The lowest BCUT2D eigenvalue weighted by Crippen LogP contribution is -2.54. The summed E-state index contributed by atoms with van der Waals surface area (Å²) in [6, 6.07) is 7.91. The van der Waals surface area contributed by atoms with E-state index in [0.29, 0.717) is 0 Å². The van der Waals surface area contributed by atoms with Gasteiger partial charge in [0.2, 0.25) is 0 Å². The maximum atomic E-state index is 5.28. The van der Waals surface area contributed by atoms with E-state index in [4.69, 9.17) is 14.0 Å². The lowest BCUT2D eigenvalue weighted by Gasteiger charge is -2.37. The average molecular weight is 195 g/mol. The largest absolute Gasteiger partial charge is 0.543 e. The van der Waals surface area contributed by atoms with Crippen molar-refractivity contribution in [3.05, 3.63) is 29.8 Å². The molecule has 0 spiro atoms. The van der Waals surface area contributed by atoms with Crippen LogP contribution in [0.1, 0.15) is 5.56 Å². The van der Waals surface area contributed by atoms with Gasteiger partial charge in [-0.25, -0.2) is 0 Å². The Kier molecular flexibility index (Phi) is 3.69. The third-order valence-electron chi connectivity index (χ3n) is 2.42. The molecule has 0 unspecified atom stereocenters. The van der Waals surface area contributed by atoms with E-state index in [1.807, 2.05) is 31.2 Å². The fraction of sp³-hybridized carbons (Fsp3) is 0.400. The predicted octanol–water partition coefficient (Wildman–Crippen LogP) is 1.08. The highest BCUT2D eigenvalue weighted by atomic mass is 16.7. The van der Waals surface area contributed by atoms with E-state index >= 15 is 0 Å². The third-order valence-corrected chi connectivity index (χ3v) is 2.42. The fourth-order valence-corrected chi connectivity index (χ4v) is 1.50. The molecule has 0 atom stereocenters. The molecule has 0 aliphatic heterocycles. The van der Waals surface area contributed by atoms with Crippen molar-refractivity contribution in [1.29, 1.82) is 0 Å². The first-order valence-corrected chi connectivity index (χ1v) is 4.54. The molecule has 0 N–H and O–H groups in total. The summed E-state index contributed by atoms with van der Waals surface area (Å²) in [5, 5.41) is 0. The Morgan fingerprint density at radius 2 is 1.29 bits per heavy atom. The van der Waals surface area contributed by atoms with Crippen molar-refractivity contribution < 1.29 is 14.0 Å². The van der Waals surface area contributed by atoms with Gasteiger partial charge in [-0.05, 0) is 28.3 Å². The quantitative estimate of drug-likeness (QED) is 0.672. The van der Waals surface area contributed by atoms with Crippen LogP contribution in [0.4, 0.5) is 0 Å². The minimum Gasteiger partial charge on any atom is -0.543 e. The zero-order chi connectivity index (χ0) is 10.6. The van der Waals surface area contributed by atoms with Gasteiger partial charge in [0, 0.05) is 0 Å². The summed E-state index contributed by atoms with van der Waals surface area (Å²) in [7, 11) is 4.73. The lowest BCUT2D eigenvalue weighted by molar-refractivity contribution is 0.140. The summed E-state index contributed by atoms with van der Waals surface area (Å²) in [4.78, 5) is 0. The molecule has 0 radical (unpaired) electrons. The first kappa shape index (κ1) is 11.2. The van der Waals surface area contributed by atoms with Crippen molar-refractivity contribution in [2.75, 3.05) is 21.3 Å². The molecule has 1 aromatic carbocycles. The SMILES string of the molecule is CO[B-](OC)(OC)c1ccc(C)cc1. The number of hydrogen-bond acceptors (Lipinski definition) is 3. The molecule has 78 valence electrons. The van der Waals surface area contributed by atoms with Crippen LogP contribution < -0.4 is 5.46 Å². The van der Waals surface area contributed by atoms with Crippen LogP contribution in [0, 0.1) is 6.92 Å². The van der Waals surface area contributed by atoms with Crippen LogP contribution >= 0.6 is 0 Å². The van der Waals surface area contributed by atoms with Gasteiger partial charge < -0.3 is 14.0 Å². The first-order valence-electron chi connectivity index (χ1n) is 4.54. The lowest BCUT2D eigenvalue weighted by atomic mass is 9.69. The number of benzene rings is 1. The maximum Gasteiger partial charge on any atom is 0.409 e. The van der Waals surface area contributed by atoms with Crippen molar-refractivity contribution in [3.63, 3.8) is 0 Å². The molecule has 0 heterocycles. The summed E-state index contributed by atoms with van der Waals surface area (Å²) in [5.74, 6) is 0. The van der Waals surface area contributed by atoms with Crippen LogP contribution in [0.5, 0.6) is 0 Å². The number of rotatable bonds is 4. The van der Waals surface area contributed by atoms with Crippen molar-refractivity contribution >= 4 is 12.2 Å². The third kappa shape index (κ3) is 1.98. The number of aryl methyl sites for hydroxylation is 1. The van der Waals surface area contributed by atoms with Crippen molar-refractivity contribution in [3.8, 4) is 0 Å². The van der Waals surface area contributed by atoms with Gasteiger partial charge in [0.25, 0.3) is 0 Å². The Balaban J connectivity index is 3.05. The summed E-state index contributed by atoms with van der Waals surface area (Å²) in [6.07, 6.45) is 0. The zero-order valence-corrected chi connectivity index (χ0v) is 9.11. The molecule has 0 aliphatic rings. The van der Waals surface area contributed by atoms with E-state index in [1.54, 1.807) is 21.3 Å².